The van der Waals surface area contributed by atoms with Crippen LogP contribution in [0.15, 0.2) is 23.0 Å². The van der Waals surface area contributed by atoms with E-state index in [0.717, 1.165) is 19.3 Å². The van der Waals surface area contributed by atoms with Gasteiger partial charge in [-0.2, -0.15) is 9.97 Å². The van der Waals surface area contributed by atoms with Crippen LogP contribution in [0.25, 0.3) is 5.78 Å². The number of aromatic nitrogens is 6. The maximum absolute atomic E-state index is 13.0. The van der Waals surface area contributed by atoms with E-state index in [1.165, 1.54) is 4.52 Å². The van der Waals surface area contributed by atoms with Crippen LogP contribution in [0.5, 0.6) is 0 Å². The smallest absolute Gasteiger partial charge is 0.294 e. The first-order chi connectivity index (χ1) is 12.1. The Bertz CT molecular complexity index is 868. The summed E-state index contributed by atoms with van der Waals surface area (Å²) in [5.41, 5.74) is 0. The van der Waals surface area contributed by atoms with E-state index in [9.17, 15) is 4.79 Å². The zero-order valence-corrected chi connectivity index (χ0v) is 14.2. The Balaban J connectivity index is 1.64. The Morgan fingerprint density at radius 3 is 2.96 bits per heavy atom. The average molecular weight is 341 g/mol. The van der Waals surface area contributed by atoms with Crippen LogP contribution in [0.1, 0.15) is 67.4 Å². The second-order valence-electron chi connectivity index (χ2n) is 6.46. The SMILES string of the molecule is CC(C)c1noc(C2CCCCN2C(=O)c2nc3ncccn3n2)n1. The molecule has 1 aliphatic rings. The number of fused-ring (bicyclic) bond motifs is 1. The second kappa shape index (κ2) is 6.23. The lowest BCUT2D eigenvalue weighted by molar-refractivity contribution is 0.0549. The predicted octanol–water partition coefficient (Wildman–Crippen LogP) is 2.00. The summed E-state index contributed by atoms with van der Waals surface area (Å²) in [6.45, 7) is 4.63. The molecule has 25 heavy (non-hydrogen) atoms. The fourth-order valence-electron chi connectivity index (χ4n) is 3.00. The van der Waals surface area contributed by atoms with Gasteiger partial charge in [0.2, 0.25) is 11.7 Å². The number of rotatable bonds is 3. The van der Waals surface area contributed by atoms with E-state index in [0.29, 0.717) is 24.0 Å². The number of hydrogen-bond acceptors (Lipinski definition) is 7. The van der Waals surface area contributed by atoms with Gasteiger partial charge >= 0.3 is 0 Å². The summed E-state index contributed by atoms with van der Waals surface area (Å²) in [7, 11) is 0. The summed E-state index contributed by atoms with van der Waals surface area (Å²) in [4.78, 5) is 27.5. The van der Waals surface area contributed by atoms with Crippen LogP contribution < -0.4 is 0 Å². The van der Waals surface area contributed by atoms with E-state index in [1.54, 1.807) is 23.4 Å². The average Bonchev–Trinajstić information content (AvgIpc) is 3.28. The lowest BCUT2D eigenvalue weighted by Gasteiger charge is -2.32. The Labute approximate surface area is 144 Å². The molecular formula is C16H19N7O2. The van der Waals surface area contributed by atoms with Gasteiger partial charge in [0.05, 0.1) is 0 Å². The van der Waals surface area contributed by atoms with Crippen molar-refractivity contribution in [1.82, 2.24) is 34.6 Å². The number of nitrogens with zero attached hydrogens (tertiary/aromatic N) is 7. The molecule has 3 aromatic heterocycles. The van der Waals surface area contributed by atoms with Crippen molar-refractivity contribution in [3.05, 3.63) is 36.0 Å². The maximum atomic E-state index is 13.0. The number of likely N-dealkylation sites (tertiary alicyclic amines) is 1. The summed E-state index contributed by atoms with van der Waals surface area (Å²) in [5, 5.41) is 8.26. The van der Waals surface area contributed by atoms with Crippen LogP contribution in [-0.2, 0) is 0 Å². The lowest BCUT2D eigenvalue weighted by atomic mass is 10.0. The Morgan fingerprint density at radius 1 is 1.32 bits per heavy atom. The Morgan fingerprint density at radius 2 is 2.20 bits per heavy atom. The van der Waals surface area contributed by atoms with E-state index < -0.39 is 0 Å². The molecular weight excluding hydrogens is 322 g/mol. The van der Waals surface area contributed by atoms with Gasteiger partial charge in [-0.3, -0.25) is 4.79 Å². The van der Waals surface area contributed by atoms with E-state index >= 15 is 0 Å². The minimum atomic E-state index is -0.237. The van der Waals surface area contributed by atoms with Gasteiger partial charge in [-0.15, -0.1) is 5.10 Å². The van der Waals surface area contributed by atoms with Crippen LogP contribution in [-0.4, -0.2) is 47.1 Å². The number of piperidine rings is 1. The van der Waals surface area contributed by atoms with Crippen molar-refractivity contribution in [2.45, 2.75) is 45.1 Å². The molecule has 1 fully saturated rings. The van der Waals surface area contributed by atoms with E-state index in [4.69, 9.17) is 4.52 Å². The minimum Gasteiger partial charge on any atom is -0.337 e. The third kappa shape index (κ3) is 2.86. The van der Waals surface area contributed by atoms with Crippen molar-refractivity contribution < 1.29 is 9.32 Å². The molecule has 0 radical (unpaired) electrons. The zero-order chi connectivity index (χ0) is 17.4. The Kier molecular flexibility index (Phi) is 3.90. The van der Waals surface area contributed by atoms with Gasteiger partial charge in [-0.25, -0.2) is 9.50 Å². The highest BCUT2D eigenvalue weighted by Crippen LogP contribution is 2.31. The molecule has 130 valence electrons. The van der Waals surface area contributed by atoms with Crippen molar-refractivity contribution >= 4 is 11.7 Å². The van der Waals surface area contributed by atoms with Gasteiger partial charge in [0.25, 0.3) is 11.7 Å². The molecule has 1 saturated heterocycles. The zero-order valence-electron chi connectivity index (χ0n) is 14.2. The fraction of sp³-hybridized carbons (Fsp3) is 0.500. The molecule has 0 aliphatic carbocycles. The van der Waals surface area contributed by atoms with Crippen molar-refractivity contribution in [1.29, 1.82) is 0 Å². The standard InChI is InChI=1S/C16H19N7O2/c1-10(2)12-18-14(25-21-12)11-6-3-4-8-22(11)15(24)13-19-16-17-7-5-9-23(16)20-13/h5,7,9-11H,3-4,6,8H2,1-2H3. The summed E-state index contributed by atoms with van der Waals surface area (Å²) >= 11 is 0. The van der Waals surface area contributed by atoms with Crippen molar-refractivity contribution in [3.63, 3.8) is 0 Å². The first-order valence-corrected chi connectivity index (χ1v) is 8.45. The topological polar surface area (TPSA) is 102 Å². The molecule has 0 aromatic carbocycles. The molecule has 1 atom stereocenters. The molecule has 0 spiro atoms. The number of carbonyl (C=O) groups is 1. The molecule has 9 heteroatoms. The van der Waals surface area contributed by atoms with Crippen LogP contribution in [0, 0.1) is 0 Å². The molecule has 0 N–H and O–H groups in total. The van der Waals surface area contributed by atoms with Gasteiger partial charge in [0, 0.05) is 24.9 Å². The van der Waals surface area contributed by atoms with Crippen LogP contribution in [0.2, 0.25) is 0 Å². The highest BCUT2D eigenvalue weighted by atomic mass is 16.5. The quantitative estimate of drug-likeness (QED) is 0.718. The normalized spacial score (nSPS) is 18.2. The first-order valence-electron chi connectivity index (χ1n) is 8.45. The monoisotopic (exact) mass is 341 g/mol. The summed E-state index contributed by atoms with van der Waals surface area (Å²) < 4.78 is 6.92. The Hall–Kier alpha value is -2.84. The molecule has 3 aromatic rings. The highest BCUT2D eigenvalue weighted by Gasteiger charge is 2.34. The fourth-order valence-corrected chi connectivity index (χ4v) is 3.00. The maximum Gasteiger partial charge on any atom is 0.294 e. The third-order valence-corrected chi connectivity index (χ3v) is 4.33. The molecule has 0 bridgehead atoms. The number of amides is 1. The van der Waals surface area contributed by atoms with Crippen molar-refractivity contribution in [2.75, 3.05) is 6.54 Å². The highest BCUT2D eigenvalue weighted by molar-refractivity contribution is 5.91. The van der Waals surface area contributed by atoms with E-state index in [2.05, 4.69) is 25.2 Å². The number of hydrogen-bond donors (Lipinski definition) is 0. The molecule has 4 rings (SSSR count). The van der Waals surface area contributed by atoms with Gasteiger partial charge in [-0.05, 0) is 25.3 Å². The second-order valence-corrected chi connectivity index (χ2v) is 6.46. The van der Waals surface area contributed by atoms with Gasteiger partial charge in [0.1, 0.15) is 6.04 Å². The third-order valence-electron chi connectivity index (χ3n) is 4.33. The molecule has 1 amide bonds. The first kappa shape index (κ1) is 15.7. The molecule has 1 unspecified atom stereocenters. The molecule has 0 saturated carbocycles. The minimum absolute atomic E-state index is 0.134. The van der Waals surface area contributed by atoms with Gasteiger partial charge in [-0.1, -0.05) is 19.0 Å². The van der Waals surface area contributed by atoms with E-state index in [1.807, 2.05) is 13.8 Å². The summed E-state index contributed by atoms with van der Waals surface area (Å²) in [6.07, 6.45) is 6.06. The van der Waals surface area contributed by atoms with Gasteiger partial charge < -0.3 is 9.42 Å². The summed E-state index contributed by atoms with van der Waals surface area (Å²) in [6, 6.07) is 1.51. The van der Waals surface area contributed by atoms with Crippen LogP contribution in [0.3, 0.4) is 0 Å². The largest absolute Gasteiger partial charge is 0.337 e. The van der Waals surface area contributed by atoms with E-state index in [-0.39, 0.29) is 23.7 Å². The van der Waals surface area contributed by atoms with Gasteiger partial charge in [0.15, 0.2) is 5.82 Å². The molecule has 4 heterocycles. The number of carbonyl (C=O) groups excluding carboxylic acids is 1. The predicted molar refractivity (Wildman–Crippen MR) is 86.8 cm³/mol. The van der Waals surface area contributed by atoms with Crippen molar-refractivity contribution in [2.24, 2.45) is 0 Å². The van der Waals surface area contributed by atoms with Crippen LogP contribution in [0.4, 0.5) is 0 Å². The lowest BCUT2D eigenvalue weighted by Crippen LogP contribution is -2.39. The van der Waals surface area contributed by atoms with Crippen LogP contribution >= 0.6 is 0 Å². The molecule has 1 aliphatic heterocycles. The summed E-state index contributed by atoms with van der Waals surface area (Å²) in [5.74, 6) is 1.62. The van der Waals surface area contributed by atoms with Crippen molar-refractivity contribution in [3.8, 4) is 0 Å². The molecule has 9 nitrogen and oxygen atoms in total.